The van der Waals surface area contributed by atoms with E-state index in [9.17, 15) is 0 Å². The Morgan fingerprint density at radius 3 is 2.62 bits per heavy atom. The molecule has 0 aromatic carbocycles. The van der Waals surface area contributed by atoms with Crippen molar-refractivity contribution < 1.29 is 0 Å². The maximum Gasteiger partial charge on any atom is 0.0914 e. The summed E-state index contributed by atoms with van der Waals surface area (Å²) in [7, 11) is 0. The zero-order chi connectivity index (χ0) is 10.1. The van der Waals surface area contributed by atoms with Crippen LogP contribution in [0.1, 0.15) is 33.6 Å². The van der Waals surface area contributed by atoms with E-state index in [0.29, 0.717) is 0 Å². The third-order valence-electron chi connectivity index (χ3n) is 1.68. The summed E-state index contributed by atoms with van der Waals surface area (Å²) in [6.07, 6.45) is 9.91. The van der Waals surface area contributed by atoms with Crippen molar-refractivity contribution >= 4 is 0 Å². The minimum atomic E-state index is 0.989. The van der Waals surface area contributed by atoms with Gasteiger partial charge >= 0.3 is 0 Å². The average Bonchev–Trinajstić information content (AvgIpc) is 2.05. The van der Waals surface area contributed by atoms with Crippen molar-refractivity contribution in [2.75, 3.05) is 0 Å². The van der Waals surface area contributed by atoms with E-state index in [-0.39, 0.29) is 0 Å². The van der Waals surface area contributed by atoms with Crippen LogP contribution in [-0.4, -0.2) is 0 Å². The molecule has 0 radical (unpaired) electrons. The van der Waals surface area contributed by atoms with Gasteiger partial charge in [-0.15, -0.1) is 0 Å². The molecule has 0 N–H and O–H groups in total. The maximum absolute atomic E-state index is 8.35. The van der Waals surface area contributed by atoms with Gasteiger partial charge in [-0.05, 0) is 25.8 Å². The molecule has 1 heteroatoms. The zero-order valence-corrected chi connectivity index (χ0v) is 8.67. The fourth-order valence-electron chi connectivity index (χ4n) is 0.992. The topological polar surface area (TPSA) is 23.8 Å². The summed E-state index contributed by atoms with van der Waals surface area (Å²) in [6, 6.07) is 2.00. The highest BCUT2D eigenvalue weighted by atomic mass is 14.2. The van der Waals surface area contributed by atoms with Crippen molar-refractivity contribution in [3.8, 4) is 6.07 Å². The Morgan fingerprint density at radius 2 is 2.08 bits per heavy atom. The van der Waals surface area contributed by atoms with Crippen molar-refractivity contribution in [2.45, 2.75) is 33.6 Å². The van der Waals surface area contributed by atoms with Crippen LogP contribution in [0.2, 0.25) is 0 Å². The molecule has 0 aliphatic heterocycles. The van der Waals surface area contributed by atoms with E-state index in [1.165, 1.54) is 12.0 Å². The molecule has 0 aromatic heterocycles. The van der Waals surface area contributed by atoms with Gasteiger partial charge in [0, 0.05) is 6.08 Å². The summed E-state index contributed by atoms with van der Waals surface area (Å²) >= 11 is 0. The molecule has 0 heterocycles. The summed E-state index contributed by atoms with van der Waals surface area (Å²) < 4.78 is 0. The Kier molecular flexibility index (Phi) is 6.63. The monoisotopic (exact) mass is 175 g/mol. The molecule has 0 rings (SSSR count). The largest absolute Gasteiger partial charge is 0.193 e. The van der Waals surface area contributed by atoms with Crippen molar-refractivity contribution in [1.82, 2.24) is 0 Å². The number of nitrogens with zero attached hydrogens (tertiary/aromatic N) is 1. The van der Waals surface area contributed by atoms with Gasteiger partial charge in [-0.3, -0.25) is 0 Å². The maximum atomic E-state index is 8.35. The van der Waals surface area contributed by atoms with Crippen molar-refractivity contribution in [1.29, 1.82) is 5.26 Å². The van der Waals surface area contributed by atoms with E-state index >= 15 is 0 Å². The van der Waals surface area contributed by atoms with Crippen LogP contribution in [0, 0.1) is 11.3 Å². The molecule has 0 amide bonds. The van der Waals surface area contributed by atoms with E-state index in [0.717, 1.165) is 12.0 Å². The second kappa shape index (κ2) is 7.36. The van der Waals surface area contributed by atoms with E-state index in [1.807, 2.05) is 25.1 Å². The average molecular weight is 175 g/mol. The van der Waals surface area contributed by atoms with Crippen LogP contribution in [0.25, 0.3) is 0 Å². The quantitative estimate of drug-likeness (QED) is 0.471. The van der Waals surface area contributed by atoms with Crippen LogP contribution >= 0.6 is 0 Å². The molecule has 0 atom stereocenters. The molecule has 0 fully saturated rings. The predicted octanol–water partition coefficient (Wildman–Crippen LogP) is 3.76. The smallest absolute Gasteiger partial charge is 0.0914 e. The first-order valence-corrected chi connectivity index (χ1v) is 4.61. The molecule has 0 saturated heterocycles. The van der Waals surface area contributed by atoms with Gasteiger partial charge in [0.05, 0.1) is 6.07 Å². The van der Waals surface area contributed by atoms with Gasteiger partial charge in [0.2, 0.25) is 0 Å². The lowest BCUT2D eigenvalue weighted by atomic mass is 10.1. The van der Waals surface area contributed by atoms with Crippen LogP contribution in [0.15, 0.2) is 35.5 Å². The van der Waals surface area contributed by atoms with Gasteiger partial charge in [0.25, 0.3) is 0 Å². The van der Waals surface area contributed by atoms with Crippen LogP contribution in [0.3, 0.4) is 0 Å². The lowest BCUT2D eigenvalue weighted by Gasteiger charge is -1.93. The number of hydrogen-bond acceptors (Lipinski definition) is 1. The SMILES string of the molecule is CCC\C(C)=C/C=C/C(C)=C\C#N. The summed E-state index contributed by atoms with van der Waals surface area (Å²) in [5.74, 6) is 0. The Bertz CT molecular complexity index is 261. The number of hydrogen-bond donors (Lipinski definition) is 0. The van der Waals surface area contributed by atoms with Crippen LogP contribution in [0.4, 0.5) is 0 Å². The Balaban J connectivity index is 4.08. The van der Waals surface area contributed by atoms with E-state index in [2.05, 4.69) is 19.9 Å². The van der Waals surface area contributed by atoms with Crippen LogP contribution < -0.4 is 0 Å². The first-order valence-electron chi connectivity index (χ1n) is 4.61. The minimum Gasteiger partial charge on any atom is -0.193 e. The second-order valence-electron chi connectivity index (χ2n) is 3.14. The van der Waals surface area contributed by atoms with E-state index in [4.69, 9.17) is 5.26 Å². The molecular weight excluding hydrogens is 158 g/mol. The zero-order valence-electron chi connectivity index (χ0n) is 8.67. The van der Waals surface area contributed by atoms with Crippen LogP contribution in [-0.2, 0) is 0 Å². The van der Waals surface area contributed by atoms with E-state index < -0.39 is 0 Å². The molecule has 0 saturated carbocycles. The Hall–Kier alpha value is -1.29. The number of allylic oxidation sites excluding steroid dienone is 6. The fraction of sp³-hybridized carbons (Fsp3) is 0.417. The summed E-state index contributed by atoms with van der Waals surface area (Å²) in [5, 5.41) is 8.35. The molecule has 13 heavy (non-hydrogen) atoms. The fourth-order valence-corrected chi connectivity index (χ4v) is 0.992. The second-order valence-corrected chi connectivity index (χ2v) is 3.14. The van der Waals surface area contributed by atoms with Gasteiger partial charge in [0.1, 0.15) is 0 Å². The molecule has 0 unspecified atom stereocenters. The van der Waals surface area contributed by atoms with Gasteiger partial charge in [-0.25, -0.2) is 0 Å². The number of rotatable bonds is 4. The Morgan fingerprint density at radius 1 is 1.38 bits per heavy atom. The molecule has 1 nitrogen and oxygen atoms in total. The molecule has 0 aliphatic rings. The predicted molar refractivity (Wildman–Crippen MR) is 57.2 cm³/mol. The molecule has 0 bridgehead atoms. The van der Waals surface area contributed by atoms with Gasteiger partial charge in [-0.1, -0.05) is 37.1 Å². The van der Waals surface area contributed by atoms with Gasteiger partial charge in [-0.2, -0.15) is 5.26 Å². The Labute approximate surface area is 81.1 Å². The lowest BCUT2D eigenvalue weighted by molar-refractivity contribution is 0.906. The molecule has 70 valence electrons. The highest BCUT2D eigenvalue weighted by Crippen LogP contribution is 2.03. The minimum absolute atomic E-state index is 0.989. The van der Waals surface area contributed by atoms with Crippen molar-refractivity contribution in [3.05, 3.63) is 35.5 Å². The molecule has 0 aromatic rings. The van der Waals surface area contributed by atoms with Crippen molar-refractivity contribution in [3.63, 3.8) is 0 Å². The van der Waals surface area contributed by atoms with Crippen LogP contribution in [0.5, 0.6) is 0 Å². The summed E-state index contributed by atoms with van der Waals surface area (Å²) in [6.45, 7) is 6.21. The summed E-state index contributed by atoms with van der Waals surface area (Å²) in [4.78, 5) is 0. The molecular formula is C12H17N. The third-order valence-corrected chi connectivity index (χ3v) is 1.68. The summed E-state index contributed by atoms with van der Waals surface area (Å²) in [5.41, 5.74) is 2.37. The highest BCUT2D eigenvalue weighted by Gasteiger charge is 1.83. The van der Waals surface area contributed by atoms with E-state index in [1.54, 1.807) is 6.08 Å². The van der Waals surface area contributed by atoms with Crippen molar-refractivity contribution in [2.24, 2.45) is 0 Å². The third kappa shape index (κ3) is 7.08. The first-order chi connectivity index (χ1) is 6.20. The normalized spacial score (nSPS) is 13.4. The van der Waals surface area contributed by atoms with Gasteiger partial charge in [0.15, 0.2) is 0 Å². The lowest BCUT2D eigenvalue weighted by Crippen LogP contribution is -1.73. The van der Waals surface area contributed by atoms with Gasteiger partial charge < -0.3 is 0 Å². The number of nitriles is 1. The molecule has 0 aliphatic carbocycles. The highest BCUT2D eigenvalue weighted by molar-refractivity contribution is 5.25. The standard InChI is InChI=1S/C12H17N/c1-4-6-11(2)7-5-8-12(3)9-10-13/h5,7-9H,4,6H2,1-3H3/b8-5+,11-7-,12-9-. The first kappa shape index (κ1) is 11.7. The molecule has 0 spiro atoms.